The number of nitrogens with zero attached hydrogens (tertiary/aromatic N) is 1. The number of hydrogen-bond acceptors (Lipinski definition) is 6. The topological polar surface area (TPSA) is 109 Å². The van der Waals surface area contributed by atoms with Gasteiger partial charge in [-0.25, -0.2) is 8.42 Å². The van der Waals surface area contributed by atoms with E-state index >= 15 is 0 Å². The van der Waals surface area contributed by atoms with Gasteiger partial charge in [-0.3, -0.25) is 20.4 Å². The van der Waals surface area contributed by atoms with Crippen LogP contribution in [0.5, 0.6) is 0 Å². The van der Waals surface area contributed by atoms with Crippen LogP contribution in [0.25, 0.3) is 0 Å². The molecule has 30 heavy (non-hydrogen) atoms. The number of fused-ring (bicyclic) bond motifs is 1. The van der Waals surface area contributed by atoms with Gasteiger partial charge in [-0.2, -0.15) is 0 Å². The normalized spacial score (nSPS) is 22.0. The number of sulfone groups is 1. The smallest absolute Gasteiger partial charge is 0.273 e. The summed E-state index contributed by atoms with van der Waals surface area (Å²) in [7, 11) is -3.04. The lowest BCUT2D eigenvalue weighted by molar-refractivity contribution is -0.122. The summed E-state index contributed by atoms with van der Waals surface area (Å²) in [5.41, 5.74) is 7.55. The first-order valence-corrected chi connectivity index (χ1v) is 11.8. The third-order valence-corrected chi connectivity index (χ3v) is 7.61. The Bertz CT molecular complexity index is 1060. The van der Waals surface area contributed by atoms with Crippen LogP contribution in [0.3, 0.4) is 0 Å². The summed E-state index contributed by atoms with van der Waals surface area (Å²) in [5.74, 6) is -0.409. The van der Waals surface area contributed by atoms with E-state index in [1.165, 1.54) is 11.8 Å². The number of rotatable bonds is 5. The zero-order valence-electron chi connectivity index (χ0n) is 16.8. The van der Waals surface area contributed by atoms with Gasteiger partial charge in [0.05, 0.1) is 29.9 Å². The maximum absolute atomic E-state index is 12.6. The summed E-state index contributed by atoms with van der Waals surface area (Å²) in [6.45, 7) is 2.58. The average molecular weight is 432 g/mol. The van der Waals surface area contributed by atoms with E-state index in [1.807, 2.05) is 12.1 Å². The summed E-state index contributed by atoms with van der Waals surface area (Å²) < 4.78 is 28.6. The van der Waals surface area contributed by atoms with E-state index < -0.39 is 21.7 Å². The molecule has 0 saturated carbocycles. The minimum absolute atomic E-state index is 0.0236. The zero-order valence-corrected chi connectivity index (χ0v) is 17.6. The second-order valence-corrected chi connectivity index (χ2v) is 10.3. The molecule has 4 rings (SSSR count). The fraction of sp³-hybridized carbons (Fsp3) is 0.429. The largest absolute Gasteiger partial charge is 0.467 e. The van der Waals surface area contributed by atoms with Crippen LogP contribution in [0.1, 0.15) is 41.4 Å². The van der Waals surface area contributed by atoms with Gasteiger partial charge >= 0.3 is 0 Å². The Kier molecular flexibility index (Phi) is 5.55. The molecule has 2 aliphatic rings. The highest BCUT2D eigenvalue weighted by molar-refractivity contribution is 7.91. The highest BCUT2D eigenvalue weighted by atomic mass is 32.2. The summed E-state index contributed by atoms with van der Waals surface area (Å²) in [4.78, 5) is 26.8. The monoisotopic (exact) mass is 431 g/mol. The Labute approximate surface area is 175 Å². The van der Waals surface area contributed by atoms with E-state index in [2.05, 4.69) is 34.8 Å². The van der Waals surface area contributed by atoms with E-state index in [9.17, 15) is 18.0 Å². The Balaban J connectivity index is 1.35. The van der Waals surface area contributed by atoms with Gasteiger partial charge in [0.2, 0.25) is 5.91 Å². The molecular weight excluding hydrogens is 406 g/mol. The van der Waals surface area contributed by atoms with Crippen LogP contribution in [0.4, 0.5) is 5.69 Å². The lowest BCUT2D eigenvalue weighted by Gasteiger charge is -2.24. The van der Waals surface area contributed by atoms with Gasteiger partial charge < -0.3 is 9.32 Å². The first-order valence-electron chi connectivity index (χ1n) is 10.0. The first-order chi connectivity index (χ1) is 14.3. The summed E-state index contributed by atoms with van der Waals surface area (Å²) in [6.07, 6.45) is 2.94. The molecule has 2 N–H and O–H groups in total. The van der Waals surface area contributed by atoms with E-state index in [-0.39, 0.29) is 29.9 Å². The molecule has 8 nitrogen and oxygen atoms in total. The van der Waals surface area contributed by atoms with Crippen molar-refractivity contribution in [1.82, 2.24) is 10.9 Å². The fourth-order valence-electron chi connectivity index (χ4n) is 4.23. The summed E-state index contributed by atoms with van der Waals surface area (Å²) >= 11 is 0. The Hall–Kier alpha value is -2.81. The van der Waals surface area contributed by atoms with E-state index in [4.69, 9.17) is 4.42 Å². The number of nitrogens with one attached hydrogen (secondary N) is 2. The van der Waals surface area contributed by atoms with Crippen molar-refractivity contribution in [1.29, 1.82) is 0 Å². The van der Waals surface area contributed by atoms with Crippen LogP contribution in [0, 0.1) is 5.92 Å². The molecule has 2 unspecified atom stereocenters. The molecule has 2 aromatic rings. The van der Waals surface area contributed by atoms with Crippen LogP contribution >= 0.6 is 0 Å². The van der Waals surface area contributed by atoms with Gasteiger partial charge in [-0.15, -0.1) is 0 Å². The highest BCUT2D eigenvalue weighted by Gasteiger charge is 2.30. The number of para-hydroxylation sites is 1. The molecule has 0 bridgehead atoms. The number of anilines is 1. The number of carbonyl (C=O) groups is 2. The molecule has 9 heteroatoms. The Morgan fingerprint density at radius 2 is 2.00 bits per heavy atom. The molecule has 1 saturated heterocycles. The molecule has 2 amide bonds. The van der Waals surface area contributed by atoms with Crippen LogP contribution in [0.15, 0.2) is 41.0 Å². The third-order valence-electron chi connectivity index (χ3n) is 5.77. The second kappa shape index (κ2) is 8.14. The molecule has 1 aromatic heterocycles. The SMILES string of the molecule is CC1Cc2ccccc2N1Cc1occc1C(=O)NNC(=O)CC1CCS(=O)(=O)C1. The highest BCUT2D eigenvalue weighted by Crippen LogP contribution is 2.33. The van der Waals surface area contributed by atoms with Gasteiger partial charge in [-0.1, -0.05) is 18.2 Å². The molecule has 0 radical (unpaired) electrons. The minimum atomic E-state index is -3.04. The van der Waals surface area contributed by atoms with Crippen molar-refractivity contribution in [2.45, 2.75) is 38.8 Å². The number of furan rings is 1. The first kappa shape index (κ1) is 20.5. The molecule has 1 aromatic carbocycles. The average Bonchev–Trinajstić information content (AvgIpc) is 3.38. The van der Waals surface area contributed by atoms with Crippen LogP contribution in [0.2, 0.25) is 0 Å². The molecular formula is C21H25N3O5S. The number of hydrogen-bond donors (Lipinski definition) is 2. The van der Waals surface area contributed by atoms with E-state index in [0.717, 1.165) is 12.1 Å². The van der Waals surface area contributed by atoms with E-state index in [0.29, 0.717) is 24.3 Å². The fourth-order valence-corrected chi connectivity index (χ4v) is 6.09. The molecule has 1 fully saturated rings. The number of benzene rings is 1. The molecule has 2 atom stereocenters. The van der Waals surface area contributed by atoms with Crippen molar-refractivity contribution in [2.24, 2.45) is 5.92 Å². The molecule has 3 heterocycles. The quantitative estimate of drug-likeness (QED) is 0.699. The maximum Gasteiger partial charge on any atom is 0.273 e. The van der Waals surface area contributed by atoms with Crippen LogP contribution in [-0.4, -0.2) is 37.8 Å². The minimum Gasteiger partial charge on any atom is -0.467 e. The van der Waals surface area contributed by atoms with Crippen molar-refractivity contribution < 1.29 is 22.4 Å². The Morgan fingerprint density at radius 3 is 2.77 bits per heavy atom. The lowest BCUT2D eigenvalue weighted by Crippen LogP contribution is -2.42. The van der Waals surface area contributed by atoms with Gasteiger partial charge in [0, 0.05) is 18.2 Å². The van der Waals surface area contributed by atoms with Gasteiger partial charge in [-0.05, 0) is 43.4 Å². The standard InChI is InChI=1S/C21H25N3O5S/c1-14-10-16-4-2-3-5-18(16)24(14)12-19-17(6-8-29-19)21(26)23-22-20(25)11-15-7-9-30(27,28)13-15/h2-6,8,14-15H,7,9-13H2,1H3,(H,22,25)(H,23,26). The summed E-state index contributed by atoms with van der Waals surface area (Å²) in [5, 5.41) is 0. The second-order valence-electron chi connectivity index (χ2n) is 8.04. The molecule has 2 aliphatic heterocycles. The van der Waals surface area contributed by atoms with Crippen molar-refractivity contribution >= 4 is 27.3 Å². The number of amides is 2. The van der Waals surface area contributed by atoms with Gasteiger partial charge in [0.1, 0.15) is 5.76 Å². The zero-order chi connectivity index (χ0) is 21.3. The molecule has 0 aliphatic carbocycles. The number of carbonyl (C=O) groups excluding carboxylic acids is 2. The predicted molar refractivity (Wildman–Crippen MR) is 111 cm³/mol. The molecule has 0 spiro atoms. The lowest BCUT2D eigenvalue weighted by atomic mass is 10.1. The Morgan fingerprint density at radius 1 is 1.20 bits per heavy atom. The van der Waals surface area contributed by atoms with Crippen LogP contribution in [-0.2, 0) is 27.6 Å². The van der Waals surface area contributed by atoms with E-state index in [1.54, 1.807) is 6.07 Å². The van der Waals surface area contributed by atoms with Crippen molar-refractivity contribution in [2.75, 3.05) is 16.4 Å². The van der Waals surface area contributed by atoms with Gasteiger partial charge in [0.25, 0.3) is 5.91 Å². The van der Waals surface area contributed by atoms with Crippen molar-refractivity contribution in [3.05, 3.63) is 53.5 Å². The number of hydrazine groups is 1. The van der Waals surface area contributed by atoms with Crippen molar-refractivity contribution in [3.63, 3.8) is 0 Å². The predicted octanol–water partition coefficient (Wildman–Crippen LogP) is 1.82. The summed E-state index contributed by atoms with van der Waals surface area (Å²) in [6, 6.07) is 10.0. The molecule has 160 valence electrons. The third kappa shape index (κ3) is 4.35. The maximum atomic E-state index is 12.6. The van der Waals surface area contributed by atoms with Crippen molar-refractivity contribution in [3.8, 4) is 0 Å². The van der Waals surface area contributed by atoms with Gasteiger partial charge in [0.15, 0.2) is 9.84 Å². The van der Waals surface area contributed by atoms with Crippen LogP contribution < -0.4 is 15.8 Å².